The van der Waals surface area contributed by atoms with Gasteiger partial charge >= 0.3 is 0 Å². The summed E-state index contributed by atoms with van der Waals surface area (Å²) in [6.07, 6.45) is 9.16. The molecule has 3 rings (SSSR count). The highest BCUT2D eigenvalue weighted by Gasteiger charge is 2.23. The van der Waals surface area contributed by atoms with Crippen LogP contribution in [0, 0.1) is 5.92 Å². The van der Waals surface area contributed by atoms with Crippen LogP contribution in [-0.4, -0.2) is 28.3 Å². The molecular weight excluding hydrogens is 383 g/mol. The summed E-state index contributed by atoms with van der Waals surface area (Å²) in [6.45, 7) is 4.04. The van der Waals surface area contributed by atoms with E-state index in [1.165, 1.54) is 0 Å². The van der Waals surface area contributed by atoms with E-state index in [1.54, 1.807) is 18.2 Å². The molecule has 0 saturated heterocycles. The SMILES string of the molecule is CCCn1cc(NC[C@H]2CC[C@H](NC(=O)c3cc(Cl)ccc3Cl)CC2)cn1. The number of aryl methyl sites for hydroxylation is 1. The molecular formula is C20H26Cl2N4O. The molecule has 0 spiro atoms. The van der Waals surface area contributed by atoms with E-state index < -0.39 is 0 Å². The Kier molecular flexibility index (Phi) is 7.02. The van der Waals surface area contributed by atoms with Gasteiger partial charge in [-0.25, -0.2) is 0 Å². The molecule has 1 amide bonds. The standard InChI is InChI=1S/C20H26Cl2N4O/c1-2-9-26-13-17(12-24-26)23-11-14-3-6-16(7-4-14)25-20(27)18-10-15(21)5-8-19(18)22/h5,8,10,12-14,16,23H,2-4,6-7,9,11H2,1H3,(H,25,27)/t14-,16-. The summed E-state index contributed by atoms with van der Waals surface area (Å²) in [7, 11) is 0. The summed E-state index contributed by atoms with van der Waals surface area (Å²) in [6, 6.07) is 5.15. The number of hydrogen-bond donors (Lipinski definition) is 2. The number of halogens is 2. The zero-order valence-electron chi connectivity index (χ0n) is 15.5. The molecule has 1 aliphatic rings. The molecule has 0 atom stereocenters. The van der Waals surface area contributed by atoms with Crippen molar-refractivity contribution in [1.29, 1.82) is 0 Å². The van der Waals surface area contributed by atoms with Crippen molar-refractivity contribution < 1.29 is 4.79 Å². The third kappa shape index (κ3) is 5.63. The summed E-state index contributed by atoms with van der Waals surface area (Å²) < 4.78 is 1.97. The molecule has 1 fully saturated rings. The van der Waals surface area contributed by atoms with Gasteiger partial charge < -0.3 is 10.6 Å². The Morgan fingerprint density at radius 2 is 2.04 bits per heavy atom. The van der Waals surface area contributed by atoms with Gasteiger partial charge in [0.15, 0.2) is 0 Å². The molecule has 1 saturated carbocycles. The zero-order chi connectivity index (χ0) is 19.2. The second kappa shape index (κ2) is 9.47. The van der Waals surface area contributed by atoms with Crippen LogP contribution in [0.4, 0.5) is 5.69 Å². The number of nitrogens with zero attached hydrogens (tertiary/aromatic N) is 2. The van der Waals surface area contributed by atoms with Crippen LogP contribution in [0.3, 0.4) is 0 Å². The number of rotatable bonds is 7. The number of nitrogens with one attached hydrogen (secondary N) is 2. The highest BCUT2D eigenvalue weighted by molar-refractivity contribution is 6.35. The van der Waals surface area contributed by atoms with Crippen molar-refractivity contribution in [3.05, 3.63) is 46.2 Å². The van der Waals surface area contributed by atoms with Gasteiger partial charge in [0.1, 0.15) is 0 Å². The number of amides is 1. The summed E-state index contributed by atoms with van der Waals surface area (Å²) >= 11 is 12.1. The predicted molar refractivity (Wildman–Crippen MR) is 111 cm³/mol. The molecule has 0 aliphatic heterocycles. The van der Waals surface area contributed by atoms with E-state index in [0.29, 0.717) is 21.5 Å². The molecule has 0 radical (unpaired) electrons. The van der Waals surface area contributed by atoms with E-state index in [4.69, 9.17) is 23.2 Å². The molecule has 1 aliphatic carbocycles. The van der Waals surface area contributed by atoms with E-state index in [9.17, 15) is 4.79 Å². The minimum atomic E-state index is -0.146. The Balaban J connectivity index is 1.43. The molecule has 7 heteroatoms. The number of carbonyl (C=O) groups is 1. The number of benzene rings is 1. The van der Waals surface area contributed by atoms with Crippen LogP contribution >= 0.6 is 23.2 Å². The smallest absolute Gasteiger partial charge is 0.253 e. The van der Waals surface area contributed by atoms with Crippen molar-refractivity contribution in [3.63, 3.8) is 0 Å². The maximum atomic E-state index is 12.5. The molecule has 27 heavy (non-hydrogen) atoms. The molecule has 2 aromatic rings. The van der Waals surface area contributed by atoms with Crippen LogP contribution in [0.25, 0.3) is 0 Å². The lowest BCUT2D eigenvalue weighted by Gasteiger charge is -2.29. The Bertz CT molecular complexity index is 769. The molecule has 1 heterocycles. The van der Waals surface area contributed by atoms with Crippen LogP contribution < -0.4 is 10.6 Å². The Morgan fingerprint density at radius 3 is 2.78 bits per heavy atom. The number of anilines is 1. The minimum absolute atomic E-state index is 0.146. The number of carbonyl (C=O) groups excluding carboxylic acids is 1. The third-order valence-electron chi connectivity index (χ3n) is 5.04. The Hall–Kier alpha value is -1.72. The molecule has 1 aromatic heterocycles. The minimum Gasteiger partial charge on any atom is -0.382 e. The second-order valence-electron chi connectivity index (χ2n) is 7.19. The van der Waals surface area contributed by atoms with Gasteiger partial charge in [-0.05, 0) is 56.2 Å². The van der Waals surface area contributed by atoms with Crippen LogP contribution in [0.15, 0.2) is 30.6 Å². The summed E-state index contributed by atoms with van der Waals surface area (Å²) in [5, 5.41) is 11.9. The van der Waals surface area contributed by atoms with Crippen molar-refractivity contribution in [3.8, 4) is 0 Å². The fourth-order valence-corrected chi connectivity index (χ4v) is 3.89. The first kappa shape index (κ1) is 20.0. The lowest BCUT2D eigenvalue weighted by Crippen LogP contribution is -2.38. The van der Waals surface area contributed by atoms with Gasteiger partial charge in [-0.2, -0.15) is 5.10 Å². The van der Waals surface area contributed by atoms with Gasteiger partial charge in [0, 0.05) is 30.4 Å². The van der Waals surface area contributed by atoms with Crippen LogP contribution in [0.1, 0.15) is 49.4 Å². The van der Waals surface area contributed by atoms with Crippen molar-refractivity contribution in [2.45, 2.75) is 51.6 Å². The van der Waals surface area contributed by atoms with Crippen molar-refractivity contribution in [1.82, 2.24) is 15.1 Å². The summed E-state index contributed by atoms with van der Waals surface area (Å²) in [4.78, 5) is 12.5. The van der Waals surface area contributed by atoms with E-state index in [0.717, 1.165) is 50.9 Å². The van der Waals surface area contributed by atoms with Gasteiger partial charge in [-0.1, -0.05) is 30.1 Å². The Morgan fingerprint density at radius 1 is 1.26 bits per heavy atom. The first-order valence-corrected chi connectivity index (χ1v) is 10.3. The Labute approximate surface area is 170 Å². The lowest BCUT2D eigenvalue weighted by atomic mass is 9.86. The van der Waals surface area contributed by atoms with Crippen LogP contribution in [0.5, 0.6) is 0 Å². The van der Waals surface area contributed by atoms with Crippen LogP contribution in [-0.2, 0) is 6.54 Å². The maximum absolute atomic E-state index is 12.5. The van der Waals surface area contributed by atoms with Gasteiger partial charge in [-0.3, -0.25) is 9.48 Å². The molecule has 146 valence electrons. The lowest BCUT2D eigenvalue weighted by molar-refractivity contribution is 0.0923. The average molecular weight is 409 g/mol. The topological polar surface area (TPSA) is 59.0 Å². The van der Waals surface area contributed by atoms with Gasteiger partial charge in [0.25, 0.3) is 5.91 Å². The second-order valence-corrected chi connectivity index (χ2v) is 8.03. The number of aromatic nitrogens is 2. The fourth-order valence-electron chi connectivity index (χ4n) is 3.51. The van der Waals surface area contributed by atoms with E-state index in [-0.39, 0.29) is 11.9 Å². The van der Waals surface area contributed by atoms with E-state index in [2.05, 4.69) is 28.9 Å². The predicted octanol–water partition coefficient (Wildman–Crippen LogP) is 5.00. The van der Waals surface area contributed by atoms with Gasteiger partial charge in [-0.15, -0.1) is 0 Å². The molecule has 0 unspecified atom stereocenters. The quantitative estimate of drug-likeness (QED) is 0.677. The number of hydrogen-bond acceptors (Lipinski definition) is 3. The van der Waals surface area contributed by atoms with Gasteiger partial charge in [0.05, 0.1) is 22.5 Å². The highest BCUT2D eigenvalue weighted by Crippen LogP contribution is 2.26. The summed E-state index contributed by atoms with van der Waals surface area (Å²) in [5.74, 6) is 0.467. The monoisotopic (exact) mass is 408 g/mol. The normalized spacial score (nSPS) is 19.7. The third-order valence-corrected chi connectivity index (χ3v) is 5.60. The average Bonchev–Trinajstić information content (AvgIpc) is 3.11. The highest BCUT2D eigenvalue weighted by atomic mass is 35.5. The molecule has 5 nitrogen and oxygen atoms in total. The molecule has 1 aromatic carbocycles. The van der Waals surface area contributed by atoms with E-state index >= 15 is 0 Å². The van der Waals surface area contributed by atoms with Crippen molar-refractivity contribution in [2.75, 3.05) is 11.9 Å². The fraction of sp³-hybridized carbons (Fsp3) is 0.500. The molecule has 0 bridgehead atoms. The summed E-state index contributed by atoms with van der Waals surface area (Å²) in [5.41, 5.74) is 1.52. The van der Waals surface area contributed by atoms with Crippen molar-refractivity contribution >= 4 is 34.8 Å². The first-order valence-electron chi connectivity index (χ1n) is 9.57. The largest absolute Gasteiger partial charge is 0.382 e. The molecule has 2 N–H and O–H groups in total. The first-order chi connectivity index (χ1) is 13.0. The van der Waals surface area contributed by atoms with E-state index in [1.807, 2.05) is 10.9 Å². The zero-order valence-corrected chi connectivity index (χ0v) is 17.1. The van der Waals surface area contributed by atoms with Crippen molar-refractivity contribution in [2.24, 2.45) is 5.92 Å². The maximum Gasteiger partial charge on any atom is 0.253 e. The van der Waals surface area contributed by atoms with Crippen LogP contribution in [0.2, 0.25) is 10.0 Å². The van der Waals surface area contributed by atoms with Gasteiger partial charge in [0.2, 0.25) is 0 Å².